The lowest BCUT2D eigenvalue weighted by atomic mass is 10.1. The molecule has 0 aliphatic rings. The fraction of sp³-hybridized carbons (Fsp3) is 0.188. The predicted octanol–water partition coefficient (Wildman–Crippen LogP) is 3.89. The van der Waals surface area contributed by atoms with Crippen LogP contribution in [-0.2, 0) is 17.2 Å². The molecule has 3 nitrogen and oxygen atoms in total. The topological polar surface area (TPSA) is 54.4 Å². The molecule has 110 valence electrons. The third kappa shape index (κ3) is 4.51. The minimum atomic E-state index is -1.18. The standard InChI is InChI=1S/C16H15BrO3S/c17-15-9-8-13(11-14(15)16(18)19)21(20)10-4-7-12-5-2-1-3-6-12/h1-3,5-6,8-9,11H,4,7,10H2,(H,18,19). The third-order valence-corrected chi connectivity index (χ3v) is 5.20. The first-order valence-electron chi connectivity index (χ1n) is 6.53. The number of halogens is 1. The van der Waals surface area contributed by atoms with Crippen LogP contribution in [0.5, 0.6) is 0 Å². The quantitative estimate of drug-likeness (QED) is 0.843. The van der Waals surface area contributed by atoms with Crippen LogP contribution in [0.25, 0.3) is 0 Å². The fourth-order valence-corrected chi connectivity index (χ4v) is 3.51. The summed E-state index contributed by atoms with van der Waals surface area (Å²) in [7, 11) is -1.18. The fourth-order valence-electron chi connectivity index (χ4n) is 1.98. The Bertz CT molecular complexity index is 656. The molecule has 5 heteroatoms. The van der Waals surface area contributed by atoms with Crippen LogP contribution in [0.4, 0.5) is 0 Å². The van der Waals surface area contributed by atoms with Crippen molar-refractivity contribution in [1.29, 1.82) is 0 Å². The number of carboxylic acids is 1. The van der Waals surface area contributed by atoms with Gasteiger partial charge >= 0.3 is 5.97 Å². The van der Waals surface area contributed by atoms with Crippen molar-refractivity contribution in [2.45, 2.75) is 17.7 Å². The van der Waals surface area contributed by atoms with Crippen LogP contribution in [-0.4, -0.2) is 21.0 Å². The first-order chi connectivity index (χ1) is 10.1. The van der Waals surface area contributed by atoms with Crippen LogP contribution in [0.2, 0.25) is 0 Å². The minimum Gasteiger partial charge on any atom is -0.478 e. The van der Waals surface area contributed by atoms with Crippen LogP contribution in [0.15, 0.2) is 57.9 Å². The molecule has 0 saturated heterocycles. The molecule has 2 aromatic carbocycles. The predicted molar refractivity (Wildman–Crippen MR) is 87.1 cm³/mol. The van der Waals surface area contributed by atoms with Crippen LogP contribution in [0, 0.1) is 0 Å². The van der Waals surface area contributed by atoms with E-state index in [1.165, 1.54) is 11.6 Å². The van der Waals surface area contributed by atoms with Crippen LogP contribution < -0.4 is 0 Å². The Morgan fingerprint density at radius 2 is 1.86 bits per heavy atom. The zero-order chi connectivity index (χ0) is 15.2. The van der Waals surface area contributed by atoms with Crippen molar-refractivity contribution in [1.82, 2.24) is 0 Å². The molecule has 0 heterocycles. The van der Waals surface area contributed by atoms with Gasteiger partial charge in [0.05, 0.1) is 16.4 Å². The highest BCUT2D eigenvalue weighted by Gasteiger charge is 2.12. The average Bonchev–Trinajstić information content (AvgIpc) is 2.48. The Labute approximate surface area is 134 Å². The van der Waals surface area contributed by atoms with Gasteiger partial charge < -0.3 is 5.11 Å². The second-order valence-corrected chi connectivity index (χ2v) is 7.01. The van der Waals surface area contributed by atoms with Gasteiger partial charge in [0, 0.05) is 15.1 Å². The van der Waals surface area contributed by atoms with Crippen molar-refractivity contribution in [3.63, 3.8) is 0 Å². The van der Waals surface area contributed by atoms with Gasteiger partial charge in [-0.05, 0) is 52.5 Å². The lowest BCUT2D eigenvalue weighted by molar-refractivity contribution is 0.0695. The molecule has 21 heavy (non-hydrogen) atoms. The van der Waals surface area contributed by atoms with E-state index in [4.69, 9.17) is 5.11 Å². The van der Waals surface area contributed by atoms with Crippen molar-refractivity contribution in [3.8, 4) is 0 Å². The van der Waals surface area contributed by atoms with E-state index in [0.717, 1.165) is 12.8 Å². The highest BCUT2D eigenvalue weighted by Crippen LogP contribution is 2.20. The maximum Gasteiger partial charge on any atom is 0.336 e. The summed E-state index contributed by atoms with van der Waals surface area (Å²) in [5.74, 6) is -0.500. The molecule has 1 unspecified atom stereocenters. The summed E-state index contributed by atoms with van der Waals surface area (Å²) in [5, 5.41) is 9.07. The number of hydrogen-bond acceptors (Lipinski definition) is 2. The number of benzene rings is 2. The van der Waals surface area contributed by atoms with Gasteiger partial charge in [-0.15, -0.1) is 0 Å². The molecule has 1 atom stereocenters. The molecule has 0 aliphatic heterocycles. The molecule has 1 N–H and O–H groups in total. The van der Waals surface area contributed by atoms with Gasteiger partial charge in [-0.3, -0.25) is 4.21 Å². The number of hydrogen-bond donors (Lipinski definition) is 1. The first kappa shape index (κ1) is 15.9. The molecule has 0 aliphatic carbocycles. The molecular formula is C16H15BrO3S. The second kappa shape index (κ2) is 7.52. The average molecular weight is 367 g/mol. The van der Waals surface area contributed by atoms with E-state index in [-0.39, 0.29) is 5.56 Å². The van der Waals surface area contributed by atoms with Crippen molar-refractivity contribution in [2.24, 2.45) is 0 Å². The largest absolute Gasteiger partial charge is 0.478 e. The van der Waals surface area contributed by atoms with Gasteiger partial charge in [0.25, 0.3) is 0 Å². The molecule has 0 spiro atoms. The van der Waals surface area contributed by atoms with Gasteiger partial charge in [-0.1, -0.05) is 30.3 Å². The van der Waals surface area contributed by atoms with E-state index in [1.807, 2.05) is 30.3 Å². The lowest BCUT2D eigenvalue weighted by Crippen LogP contribution is -2.03. The highest BCUT2D eigenvalue weighted by atomic mass is 79.9. The lowest BCUT2D eigenvalue weighted by Gasteiger charge is -2.05. The van der Waals surface area contributed by atoms with Crippen molar-refractivity contribution < 1.29 is 14.1 Å². The maximum absolute atomic E-state index is 12.2. The summed E-state index contributed by atoms with van der Waals surface area (Å²) < 4.78 is 12.7. The van der Waals surface area contributed by atoms with E-state index in [9.17, 15) is 9.00 Å². The molecule has 0 fully saturated rings. The van der Waals surface area contributed by atoms with E-state index >= 15 is 0 Å². The minimum absolute atomic E-state index is 0.143. The Morgan fingerprint density at radius 1 is 1.14 bits per heavy atom. The molecule has 2 aromatic rings. The van der Waals surface area contributed by atoms with Crippen LogP contribution in [0.3, 0.4) is 0 Å². The van der Waals surface area contributed by atoms with Gasteiger partial charge in [0.2, 0.25) is 0 Å². The zero-order valence-electron chi connectivity index (χ0n) is 11.3. The van der Waals surface area contributed by atoms with Gasteiger partial charge in [0.1, 0.15) is 0 Å². The van der Waals surface area contributed by atoms with Gasteiger partial charge in [0.15, 0.2) is 0 Å². The number of carbonyl (C=O) groups is 1. The van der Waals surface area contributed by atoms with E-state index < -0.39 is 16.8 Å². The molecule has 0 amide bonds. The Kier molecular flexibility index (Phi) is 5.70. The normalized spacial score (nSPS) is 12.0. The summed E-state index contributed by atoms with van der Waals surface area (Å²) in [6, 6.07) is 14.8. The highest BCUT2D eigenvalue weighted by molar-refractivity contribution is 9.10. The zero-order valence-corrected chi connectivity index (χ0v) is 13.7. The van der Waals surface area contributed by atoms with Crippen LogP contribution >= 0.6 is 15.9 Å². The summed E-state index contributed by atoms with van der Waals surface area (Å²) in [6.45, 7) is 0. The number of aryl methyl sites for hydroxylation is 1. The molecule has 0 radical (unpaired) electrons. The molecule has 0 saturated carbocycles. The molecular weight excluding hydrogens is 352 g/mol. The monoisotopic (exact) mass is 366 g/mol. The summed E-state index contributed by atoms with van der Waals surface area (Å²) in [5.41, 5.74) is 1.36. The Hall–Kier alpha value is -1.46. The molecule has 0 bridgehead atoms. The van der Waals surface area contributed by atoms with Gasteiger partial charge in [-0.25, -0.2) is 4.79 Å². The Balaban J connectivity index is 1.97. The third-order valence-electron chi connectivity index (χ3n) is 3.07. The smallest absolute Gasteiger partial charge is 0.336 e. The number of carboxylic acid groups (broad SMARTS) is 1. The van der Waals surface area contributed by atoms with Crippen molar-refractivity contribution >= 4 is 32.7 Å². The second-order valence-electron chi connectivity index (χ2n) is 4.59. The van der Waals surface area contributed by atoms with Gasteiger partial charge in [-0.2, -0.15) is 0 Å². The van der Waals surface area contributed by atoms with E-state index in [0.29, 0.717) is 15.1 Å². The molecule has 2 rings (SSSR count). The SMILES string of the molecule is O=C(O)c1cc(S(=O)CCCc2ccccc2)ccc1Br. The summed E-state index contributed by atoms with van der Waals surface area (Å²) in [6.07, 6.45) is 1.67. The molecule has 0 aromatic heterocycles. The van der Waals surface area contributed by atoms with E-state index in [1.54, 1.807) is 12.1 Å². The first-order valence-corrected chi connectivity index (χ1v) is 8.64. The van der Waals surface area contributed by atoms with Crippen molar-refractivity contribution in [2.75, 3.05) is 5.75 Å². The Morgan fingerprint density at radius 3 is 2.52 bits per heavy atom. The summed E-state index contributed by atoms with van der Waals surface area (Å²) in [4.78, 5) is 11.6. The van der Waals surface area contributed by atoms with E-state index in [2.05, 4.69) is 15.9 Å². The number of rotatable bonds is 6. The van der Waals surface area contributed by atoms with Crippen molar-refractivity contribution in [3.05, 3.63) is 64.1 Å². The van der Waals surface area contributed by atoms with Crippen LogP contribution in [0.1, 0.15) is 22.3 Å². The number of aromatic carboxylic acids is 1. The maximum atomic E-state index is 12.2. The summed E-state index contributed by atoms with van der Waals surface area (Å²) >= 11 is 3.18.